The lowest BCUT2D eigenvalue weighted by Gasteiger charge is -2.19. The molecule has 0 radical (unpaired) electrons. The monoisotopic (exact) mass is 348 g/mol. The standard InChI is InChI=1S/C18H28N4O3/c1-2-25-12-7-6-11(8-12)9-16-20-10-13(17(19)24)18(22-16)21-14-4-3-5-15(14)23/h10-12,14-15,23H,2-9H2,1H3,(H2,19,24)(H,20,21,22)/t11?,12-,14?,15-/m0/s1. The van der Waals surface area contributed by atoms with Crippen molar-refractivity contribution < 1.29 is 14.6 Å². The molecule has 2 aliphatic rings. The fraction of sp³-hybridized carbons (Fsp3) is 0.722. The molecule has 138 valence electrons. The van der Waals surface area contributed by atoms with Crippen LogP contribution in [0.5, 0.6) is 0 Å². The van der Waals surface area contributed by atoms with Gasteiger partial charge in [-0.25, -0.2) is 9.97 Å². The summed E-state index contributed by atoms with van der Waals surface area (Å²) in [6.45, 7) is 2.77. The van der Waals surface area contributed by atoms with E-state index in [1.165, 1.54) is 6.20 Å². The molecule has 2 saturated carbocycles. The van der Waals surface area contributed by atoms with Crippen molar-refractivity contribution in [2.75, 3.05) is 11.9 Å². The first-order valence-corrected chi connectivity index (χ1v) is 9.28. The molecule has 1 heterocycles. The third-order valence-corrected chi connectivity index (χ3v) is 5.27. The Balaban J connectivity index is 1.70. The number of nitrogens with one attached hydrogen (secondary N) is 1. The Hall–Kier alpha value is -1.73. The van der Waals surface area contributed by atoms with Crippen molar-refractivity contribution in [3.63, 3.8) is 0 Å². The number of aliphatic hydroxyl groups is 1. The van der Waals surface area contributed by atoms with Gasteiger partial charge in [0.25, 0.3) is 5.91 Å². The molecule has 1 aromatic rings. The van der Waals surface area contributed by atoms with E-state index in [0.717, 1.165) is 51.6 Å². The first-order chi connectivity index (χ1) is 12.1. The summed E-state index contributed by atoms with van der Waals surface area (Å²) in [6, 6.07) is -0.0883. The van der Waals surface area contributed by atoms with Gasteiger partial charge in [0.1, 0.15) is 11.6 Å². The Morgan fingerprint density at radius 1 is 1.40 bits per heavy atom. The van der Waals surface area contributed by atoms with Gasteiger partial charge >= 0.3 is 0 Å². The first kappa shape index (κ1) is 18.1. The Kier molecular flexibility index (Phi) is 5.86. The molecule has 3 rings (SSSR count). The summed E-state index contributed by atoms with van der Waals surface area (Å²) >= 11 is 0. The second kappa shape index (κ2) is 8.10. The van der Waals surface area contributed by atoms with E-state index in [2.05, 4.69) is 15.3 Å². The highest BCUT2D eigenvalue weighted by Gasteiger charge is 2.28. The van der Waals surface area contributed by atoms with Crippen LogP contribution in [0.15, 0.2) is 6.20 Å². The molecule has 0 aromatic carbocycles. The van der Waals surface area contributed by atoms with Crippen LogP contribution in [-0.4, -0.2) is 45.8 Å². The van der Waals surface area contributed by atoms with E-state index in [4.69, 9.17) is 10.5 Å². The van der Waals surface area contributed by atoms with Crippen LogP contribution >= 0.6 is 0 Å². The summed E-state index contributed by atoms with van der Waals surface area (Å²) in [5.74, 6) is 1.10. The lowest BCUT2D eigenvalue weighted by Crippen LogP contribution is -2.30. The van der Waals surface area contributed by atoms with Gasteiger partial charge < -0.3 is 20.9 Å². The van der Waals surface area contributed by atoms with E-state index in [-0.39, 0.29) is 11.6 Å². The van der Waals surface area contributed by atoms with E-state index >= 15 is 0 Å². The molecule has 1 amide bonds. The third-order valence-electron chi connectivity index (χ3n) is 5.27. The summed E-state index contributed by atoms with van der Waals surface area (Å²) in [7, 11) is 0. The molecule has 4 atom stereocenters. The zero-order chi connectivity index (χ0) is 17.8. The van der Waals surface area contributed by atoms with Crippen molar-refractivity contribution >= 4 is 11.7 Å². The van der Waals surface area contributed by atoms with Crippen molar-refractivity contribution in [2.45, 2.75) is 70.1 Å². The maximum absolute atomic E-state index is 11.7. The minimum atomic E-state index is -0.557. The van der Waals surface area contributed by atoms with Gasteiger partial charge in [-0.15, -0.1) is 0 Å². The average molecular weight is 348 g/mol. The maximum atomic E-state index is 11.7. The van der Waals surface area contributed by atoms with Crippen LogP contribution in [0.2, 0.25) is 0 Å². The van der Waals surface area contributed by atoms with Gasteiger partial charge in [-0.3, -0.25) is 4.79 Å². The van der Waals surface area contributed by atoms with Crippen molar-refractivity contribution in [3.8, 4) is 0 Å². The first-order valence-electron chi connectivity index (χ1n) is 9.28. The Bertz CT molecular complexity index is 610. The number of hydrogen-bond acceptors (Lipinski definition) is 6. The van der Waals surface area contributed by atoms with Crippen molar-refractivity contribution in [2.24, 2.45) is 11.7 Å². The number of aliphatic hydroxyl groups excluding tert-OH is 1. The van der Waals surface area contributed by atoms with Gasteiger partial charge in [-0.05, 0) is 51.4 Å². The summed E-state index contributed by atoms with van der Waals surface area (Å²) in [5, 5.41) is 13.2. The molecule has 2 unspecified atom stereocenters. The number of amides is 1. The normalized spacial score (nSPS) is 29.0. The third kappa shape index (κ3) is 4.46. The molecular weight excluding hydrogens is 320 g/mol. The average Bonchev–Trinajstić information content (AvgIpc) is 3.17. The van der Waals surface area contributed by atoms with Gasteiger partial charge in [-0.1, -0.05) is 0 Å². The second-order valence-corrected chi connectivity index (χ2v) is 7.12. The molecule has 0 bridgehead atoms. The van der Waals surface area contributed by atoms with Crippen LogP contribution in [0.3, 0.4) is 0 Å². The van der Waals surface area contributed by atoms with E-state index < -0.39 is 12.0 Å². The molecule has 4 N–H and O–H groups in total. The molecule has 2 aliphatic carbocycles. The highest BCUT2D eigenvalue weighted by Crippen LogP contribution is 2.30. The zero-order valence-corrected chi connectivity index (χ0v) is 14.8. The molecule has 0 spiro atoms. The van der Waals surface area contributed by atoms with Crippen LogP contribution in [0.4, 0.5) is 5.82 Å². The number of aromatic nitrogens is 2. The summed E-state index contributed by atoms with van der Waals surface area (Å²) < 4.78 is 5.70. The highest BCUT2D eigenvalue weighted by molar-refractivity contribution is 5.97. The number of hydrogen-bond donors (Lipinski definition) is 3. The fourth-order valence-corrected chi connectivity index (χ4v) is 3.95. The molecule has 2 fully saturated rings. The van der Waals surface area contributed by atoms with Crippen LogP contribution in [0, 0.1) is 5.92 Å². The Morgan fingerprint density at radius 3 is 2.92 bits per heavy atom. The highest BCUT2D eigenvalue weighted by atomic mass is 16.5. The van der Waals surface area contributed by atoms with E-state index in [1.807, 2.05) is 6.92 Å². The summed E-state index contributed by atoms with van der Waals surface area (Å²) in [4.78, 5) is 20.6. The number of primary amides is 1. The SMILES string of the molecule is CCO[C@H]1CCC(Cc2ncc(C(N)=O)c(NC3CCC[C@@H]3O)n2)C1. The minimum absolute atomic E-state index is 0.0883. The fourth-order valence-electron chi connectivity index (χ4n) is 3.95. The van der Waals surface area contributed by atoms with E-state index in [9.17, 15) is 9.90 Å². The van der Waals surface area contributed by atoms with Gasteiger partial charge in [0.15, 0.2) is 0 Å². The quantitative estimate of drug-likeness (QED) is 0.691. The van der Waals surface area contributed by atoms with Crippen LogP contribution in [0.25, 0.3) is 0 Å². The Labute approximate surface area is 148 Å². The molecule has 25 heavy (non-hydrogen) atoms. The number of nitrogens with zero attached hydrogens (tertiary/aromatic N) is 2. The Morgan fingerprint density at radius 2 is 2.24 bits per heavy atom. The van der Waals surface area contributed by atoms with Gasteiger partial charge in [0.05, 0.1) is 23.8 Å². The molecule has 1 aromatic heterocycles. The lowest BCUT2D eigenvalue weighted by atomic mass is 10.0. The molecular formula is C18H28N4O3. The largest absolute Gasteiger partial charge is 0.391 e. The number of nitrogens with two attached hydrogens (primary N) is 1. The number of carbonyl (C=O) groups excluding carboxylic acids is 1. The van der Waals surface area contributed by atoms with Crippen molar-refractivity contribution in [1.29, 1.82) is 0 Å². The minimum Gasteiger partial charge on any atom is -0.391 e. The molecule has 7 heteroatoms. The molecule has 0 saturated heterocycles. The predicted molar refractivity (Wildman–Crippen MR) is 94.3 cm³/mol. The van der Waals surface area contributed by atoms with Gasteiger partial charge in [0, 0.05) is 19.2 Å². The van der Waals surface area contributed by atoms with Crippen LogP contribution < -0.4 is 11.1 Å². The lowest BCUT2D eigenvalue weighted by molar-refractivity contribution is 0.0654. The van der Waals surface area contributed by atoms with Gasteiger partial charge in [-0.2, -0.15) is 0 Å². The molecule has 7 nitrogen and oxygen atoms in total. The van der Waals surface area contributed by atoms with E-state index in [0.29, 0.717) is 23.7 Å². The maximum Gasteiger partial charge on any atom is 0.254 e. The van der Waals surface area contributed by atoms with Crippen molar-refractivity contribution in [3.05, 3.63) is 17.6 Å². The van der Waals surface area contributed by atoms with E-state index in [1.54, 1.807) is 0 Å². The zero-order valence-electron chi connectivity index (χ0n) is 14.8. The number of rotatable bonds is 7. The topological polar surface area (TPSA) is 110 Å². The second-order valence-electron chi connectivity index (χ2n) is 7.12. The number of ether oxygens (including phenoxy) is 1. The number of carbonyl (C=O) groups is 1. The van der Waals surface area contributed by atoms with Crippen molar-refractivity contribution in [1.82, 2.24) is 9.97 Å². The number of anilines is 1. The van der Waals surface area contributed by atoms with Crippen LogP contribution in [-0.2, 0) is 11.2 Å². The predicted octanol–water partition coefficient (Wildman–Crippen LogP) is 1.65. The smallest absolute Gasteiger partial charge is 0.254 e. The molecule has 0 aliphatic heterocycles. The van der Waals surface area contributed by atoms with Crippen LogP contribution in [0.1, 0.15) is 61.6 Å². The van der Waals surface area contributed by atoms with Gasteiger partial charge in [0.2, 0.25) is 0 Å². The summed E-state index contributed by atoms with van der Waals surface area (Å²) in [5.41, 5.74) is 5.73. The summed E-state index contributed by atoms with van der Waals surface area (Å²) in [6.07, 6.45) is 8.00.